The average molecular weight is 382 g/mol. The van der Waals surface area contributed by atoms with Gasteiger partial charge in [0.1, 0.15) is 6.04 Å². The van der Waals surface area contributed by atoms with E-state index in [2.05, 4.69) is 5.32 Å². The summed E-state index contributed by atoms with van der Waals surface area (Å²) in [5, 5.41) is 2.92. The van der Waals surface area contributed by atoms with Gasteiger partial charge < -0.3 is 19.7 Å². The monoisotopic (exact) mass is 382 g/mol. The van der Waals surface area contributed by atoms with Gasteiger partial charge in [0.15, 0.2) is 11.5 Å². The number of carbonyl (C=O) groups is 2. The minimum atomic E-state index is -0.580. The molecule has 1 aliphatic heterocycles. The van der Waals surface area contributed by atoms with Crippen LogP contribution in [-0.4, -0.2) is 29.5 Å². The first-order chi connectivity index (χ1) is 13.5. The number of amides is 2. The standard InChI is InChI=1S/C22H26N2O4/c1-15(2)22(26)24(13-17-7-5-4-6-8-17)16(3)21(25)23-12-18-9-10-19-20(11-18)28-14-27-19/h4-11,15-16H,12-14H2,1-3H3,(H,23,25)/t16-/m1/s1. The molecule has 0 bridgehead atoms. The van der Waals surface area contributed by atoms with Crippen LogP contribution in [0.2, 0.25) is 0 Å². The topological polar surface area (TPSA) is 67.9 Å². The molecule has 2 aromatic rings. The van der Waals surface area contributed by atoms with Crippen molar-refractivity contribution in [1.82, 2.24) is 10.2 Å². The first kappa shape index (κ1) is 19.7. The van der Waals surface area contributed by atoms with Gasteiger partial charge in [-0.3, -0.25) is 9.59 Å². The molecule has 1 atom stereocenters. The number of nitrogens with one attached hydrogen (secondary N) is 1. The number of hydrogen-bond donors (Lipinski definition) is 1. The van der Waals surface area contributed by atoms with Crippen LogP contribution in [0.15, 0.2) is 48.5 Å². The minimum absolute atomic E-state index is 0.0467. The normalized spacial score (nSPS) is 13.3. The minimum Gasteiger partial charge on any atom is -0.454 e. The van der Waals surface area contributed by atoms with Crippen LogP contribution in [0.25, 0.3) is 0 Å². The summed E-state index contributed by atoms with van der Waals surface area (Å²) in [6, 6.07) is 14.7. The molecule has 0 fully saturated rings. The summed E-state index contributed by atoms with van der Waals surface area (Å²) in [4.78, 5) is 27.1. The Morgan fingerprint density at radius 3 is 2.43 bits per heavy atom. The van der Waals surface area contributed by atoms with Gasteiger partial charge in [0.05, 0.1) is 0 Å². The number of benzene rings is 2. The molecule has 1 N–H and O–H groups in total. The Hall–Kier alpha value is -3.02. The lowest BCUT2D eigenvalue weighted by Crippen LogP contribution is -2.48. The van der Waals surface area contributed by atoms with Gasteiger partial charge >= 0.3 is 0 Å². The quantitative estimate of drug-likeness (QED) is 0.799. The third-order valence-corrected chi connectivity index (χ3v) is 4.72. The van der Waals surface area contributed by atoms with Gasteiger partial charge in [0, 0.05) is 19.0 Å². The second kappa shape index (κ2) is 8.78. The fraction of sp³-hybridized carbons (Fsp3) is 0.364. The third-order valence-electron chi connectivity index (χ3n) is 4.72. The number of nitrogens with zero attached hydrogens (tertiary/aromatic N) is 1. The summed E-state index contributed by atoms with van der Waals surface area (Å²) in [5.41, 5.74) is 1.90. The van der Waals surface area contributed by atoms with Crippen LogP contribution in [0, 0.1) is 5.92 Å². The Morgan fingerprint density at radius 2 is 1.71 bits per heavy atom. The first-order valence-electron chi connectivity index (χ1n) is 9.46. The molecular formula is C22H26N2O4. The number of ether oxygens (including phenoxy) is 2. The molecule has 0 spiro atoms. The molecule has 28 heavy (non-hydrogen) atoms. The largest absolute Gasteiger partial charge is 0.454 e. The Morgan fingerprint density at radius 1 is 1.00 bits per heavy atom. The van der Waals surface area contributed by atoms with Crippen LogP contribution >= 0.6 is 0 Å². The number of hydrogen-bond acceptors (Lipinski definition) is 4. The SMILES string of the molecule is CC(C)C(=O)N(Cc1ccccc1)[C@H](C)C(=O)NCc1ccc2c(c1)OCO2. The predicted octanol–water partition coefficient (Wildman–Crippen LogP) is 3.10. The van der Waals surface area contributed by atoms with E-state index in [1.165, 1.54) is 0 Å². The Kier molecular flexibility index (Phi) is 6.19. The zero-order valence-electron chi connectivity index (χ0n) is 16.5. The number of fused-ring (bicyclic) bond motifs is 1. The van der Waals surface area contributed by atoms with Crippen molar-refractivity contribution in [3.05, 3.63) is 59.7 Å². The summed E-state index contributed by atoms with van der Waals surface area (Å²) in [5.74, 6) is 0.963. The summed E-state index contributed by atoms with van der Waals surface area (Å²) < 4.78 is 10.7. The van der Waals surface area contributed by atoms with Crippen LogP contribution < -0.4 is 14.8 Å². The van der Waals surface area contributed by atoms with Crippen molar-refractivity contribution in [2.75, 3.05) is 6.79 Å². The molecule has 0 radical (unpaired) electrons. The van der Waals surface area contributed by atoms with Crippen LogP contribution in [0.5, 0.6) is 11.5 Å². The lowest BCUT2D eigenvalue weighted by atomic mass is 10.1. The summed E-state index contributed by atoms with van der Waals surface area (Å²) in [7, 11) is 0. The maximum absolute atomic E-state index is 12.7. The molecule has 0 aliphatic carbocycles. The van der Waals surface area contributed by atoms with E-state index in [0.717, 1.165) is 11.1 Å². The summed E-state index contributed by atoms with van der Waals surface area (Å²) in [6.45, 7) is 6.42. The zero-order chi connectivity index (χ0) is 20.1. The van der Waals surface area contributed by atoms with E-state index in [1.54, 1.807) is 11.8 Å². The van der Waals surface area contributed by atoms with E-state index in [-0.39, 0.29) is 24.5 Å². The highest BCUT2D eigenvalue weighted by Crippen LogP contribution is 2.32. The second-order valence-corrected chi connectivity index (χ2v) is 7.19. The van der Waals surface area contributed by atoms with E-state index < -0.39 is 6.04 Å². The molecule has 0 unspecified atom stereocenters. The highest BCUT2D eigenvalue weighted by Gasteiger charge is 2.27. The Labute approximate surface area is 165 Å². The lowest BCUT2D eigenvalue weighted by molar-refractivity contribution is -0.143. The molecule has 2 amide bonds. The van der Waals surface area contributed by atoms with Gasteiger partial charge in [-0.15, -0.1) is 0 Å². The molecule has 0 saturated carbocycles. The van der Waals surface area contributed by atoms with E-state index in [1.807, 2.05) is 62.4 Å². The molecule has 2 aromatic carbocycles. The number of carbonyl (C=O) groups excluding carboxylic acids is 2. The van der Waals surface area contributed by atoms with Crippen LogP contribution in [0.1, 0.15) is 31.9 Å². The highest BCUT2D eigenvalue weighted by molar-refractivity contribution is 5.88. The van der Waals surface area contributed by atoms with Gasteiger partial charge in [-0.2, -0.15) is 0 Å². The Balaban J connectivity index is 1.66. The summed E-state index contributed by atoms with van der Waals surface area (Å²) >= 11 is 0. The van der Waals surface area contributed by atoms with Gasteiger partial charge in [0.2, 0.25) is 18.6 Å². The van der Waals surface area contributed by atoms with Crippen molar-refractivity contribution in [2.45, 2.75) is 39.9 Å². The van der Waals surface area contributed by atoms with Crippen molar-refractivity contribution in [3.63, 3.8) is 0 Å². The fourth-order valence-corrected chi connectivity index (χ4v) is 3.05. The molecule has 148 valence electrons. The first-order valence-corrected chi connectivity index (χ1v) is 9.46. The van der Waals surface area contributed by atoms with E-state index >= 15 is 0 Å². The molecule has 6 nitrogen and oxygen atoms in total. The van der Waals surface area contributed by atoms with Gasteiger partial charge in [-0.05, 0) is 30.2 Å². The molecule has 1 heterocycles. The second-order valence-electron chi connectivity index (χ2n) is 7.19. The molecule has 6 heteroatoms. The van der Waals surface area contributed by atoms with Crippen LogP contribution in [-0.2, 0) is 22.7 Å². The average Bonchev–Trinajstić information content (AvgIpc) is 3.17. The van der Waals surface area contributed by atoms with Gasteiger partial charge in [0.25, 0.3) is 0 Å². The maximum atomic E-state index is 12.7. The smallest absolute Gasteiger partial charge is 0.242 e. The Bertz CT molecular complexity index is 836. The van der Waals surface area contributed by atoms with E-state index in [4.69, 9.17) is 9.47 Å². The van der Waals surface area contributed by atoms with Crippen molar-refractivity contribution in [1.29, 1.82) is 0 Å². The fourth-order valence-electron chi connectivity index (χ4n) is 3.05. The van der Waals surface area contributed by atoms with E-state index in [9.17, 15) is 9.59 Å². The summed E-state index contributed by atoms with van der Waals surface area (Å²) in [6.07, 6.45) is 0. The van der Waals surface area contributed by atoms with Crippen LogP contribution in [0.3, 0.4) is 0 Å². The molecule has 0 aromatic heterocycles. The molecule has 0 saturated heterocycles. The van der Waals surface area contributed by atoms with Crippen molar-refractivity contribution < 1.29 is 19.1 Å². The van der Waals surface area contributed by atoms with E-state index in [0.29, 0.717) is 24.6 Å². The number of rotatable bonds is 7. The van der Waals surface area contributed by atoms with Crippen molar-refractivity contribution in [3.8, 4) is 11.5 Å². The molecular weight excluding hydrogens is 356 g/mol. The molecule has 1 aliphatic rings. The third kappa shape index (κ3) is 4.63. The van der Waals surface area contributed by atoms with Crippen LogP contribution in [0.4, 0.5) is 0 Å². The maximum Gasteiger partial charge on any atom is 0.242 e. The van der Waals surface area contributed by atoms with Gasteiger partial charge in [-0.1, -0.05) is 50.2 Å². The van der Waals surface area contributed by atoms with Crippen molar-refractivity contribution in [2.24, 2.45) is 5.92 Å². The van der Waals surface area contributed by atoms with Gasteiger partial charge in [-0.25, -0.2) is 0 Å². The zero-order valence-corrected chi connectivity index (χ0v) is 16.5. The van der Waals surface area contributed by atoms with Crippen molar-refractivity contribution >= 4 is 11.8 Å². The predicted molar refractivity (Wildman–Crippen MR) is 106 cm³/mol. The molecule has 3 rings (SSSR count). The lowest BCUT2D eigenvalue weighted by Gasteiger charge is -2.30. The highest BCUT2D eigenvalue weighted by atomic mass is 16.7.